The number of rotatable bonds is 9. The lowest BCUT2D eigenvalue weighted by Crippen LogP contribution is -2.32. The smallest absolute Gasteiger partial charge is 0.161 e. The van der Waals surface area contributed by atoms with E-state index in [4.69, 9.17) is 14.2 Å². The van der Waals surface area contributed by atoms with E-state index in [-0.39, 0.29) is 18.3 Å². The summed E-state index contributed by atoms with van der Waals surface area (Å²) < 4.78 is 17.4. The molecule has 0 heterocycles. The zero-order valence-electron chi connectivity index (χ0n) is 15.9. The van der Waals surface area contributed by atoms with E-state index in [0.29, 0.717) is 6.04 Å². The fourth-order valence-electron chi connectivity index (χ4n) is 2.26. The molecule has 0 radical (unpaired) electrons. The van der Waals surface area contributed by atoms with Crippen LogP contribution in [0.5, 0.6) is 11.5 Å². The number of benzene rings is 1. The van der Waals surface area contributed by atoms with Crippen molar-refractivity contribution in [1.82, 2.24) is 4.90 Å². The van der Waals surface area contributed by atoms with Crippen LogP contribution in [-0.4, -0.2) is 43.9 Å². The largest absolute Gasteiger partial charge is 0.493 e. The molecular formula is C19H33NO3. The average Bonchev–Trinajstić information content (AvgIpc) is 2.45. The van der Waals surface area contributed by atoms with E-state index in [2.05, 4.69) is 45.7 Å². The number of hydrogen-bond donors (Lipinski definition) is 0. The number of nitrogens with zero attached hydrogens (tertiary/aromatic N) is 1. The van der Waals surface area contributed by atoms with Gasteiger partial charge in [0.1, 0.15) is 0 Å². The Morgan fingerprint density at radius 1 is 0.957 bits per heavy atom. The van der Waals surface area contributed by atoms with Crippen molar-refractivity contribution in [3.63, 3.8) is 0 Å². The Kier molecular flexibility index (Phi) is 7.86. The molecule has 23 heavy (non-hydrogen) atoms. The lowest BCUT2D eigenvalue weighted by atomic mass is 10.1. The molecule has 1 unspecified atom stereocenters. The van der Waals surface area contributed by atoms with Crippen LogP contribution in [0.15, 0.2) is 18.2 Å². The molecule has 0 fully saturated rings. The molecule has 4 nitrogen and oxygen atoms in total. The molecule has 0 saturated carbocycles. The molecule has 132 valence electrons. The molecule has 0 amide bonds. The van der Waals surface area contributed by atoms with Crippen molar-refractivity contribution in [2.45, 2.75) is 65.9 Å². The molecule has 1 aromatic carbocycles. The second-order valence-electron chi connectivity index (χ2n) is 6.78. The van der Waals surface area contributed by atoms with E-state index in [9.17, 15) is 0 Å². The fourth-order valence-corrected chi connectivity index (χ4v) is 2.26. The normalized spacial score (nSPS) is 13.2. The van der Waals surface area contributed by atoms with Gasteiger partial charge < -0.3 is 19.1 Å². The minimum absolute atomic E-state index is 0.00407. The van der Waals surface area contributed by atoms with Crippen LogP contribution in [0.1, 0.15) is 53.2 Å². The van der Waals surface area contributed by atoms with E-state index >= 15 is 0 Å². The minimum atomic E-state index is 0.00407. The molecule has 1 rings (SSSR count). The van der Waals surface area contributed by atoms with Crippen molar-refractivity contribution >= 4 is 0 Å². The summed E-state index contributed by atoms with van der Waals surface area (Å²) in [7, 11) is 3.79. The Balaban J connectivity index is 3.05. The van der Waals surface area contributed by atoms with Crippen molar-refractivity contribution in [2.24, 2.45) is 0 Å². The standard InChI is InChI=1S/C19H33NO3/c1-13(2)20(7)12-19(23-15(5)6)16-9-10-17(22-14(3)4)18(11-16)21-8/h9-11,13-15,19H,12H2,1-8H3. The third-order valence-corrected chi connectivity index (χ3v) is 3.69. The van der Waals surface area contributed by atoms with E-state index < -0.39 is 0 Å². The number of ether oxygens (including phenoxy) is 3. The third kappa shape index (κ3) is 6.40. The summed E-state index contributed by atoms with van der Waals surface area (Å²) in [5, 5.41) is 0. The summed E-state index contributed by atoms with van der Waals surface area (Å²) >= 11 is 0. The lowest BCUT2D eigenvalue weighted by molar-refractivity contribution is -0.0140. The van der Waals surface area contributed by atoms with E-state index in [1.807, 2.05) is 26.0 Å². The molecule has 0 spiro atoms. The first-order chi connectivity index (χ1) is 10.7. The highest BCUT2D eigenvalue weighted by atomic mass is 16.5. The average molecular weight is 323 g/mol. The zero-order valence-corrected chi connectivity index (χ0v) is 15.9. The molecular weight excluding hydrogens is 290 g/mol. The van der Waals surface area contributed by atoms with Gasteiger partial charge in [0.15, 0.2) is 11.5 Å². The van der Waals surface area contributed by atoms with Gasteiger partial charge in [-0.05, 0) is 66.3 Å². The second kappa shape index (κ2) is 9.14. The molecule has 1 atom stereocenters. The number of methoxy groups -OCH3 is 1. The molecule has 0 N–H and O–H groups in total. The van der Waals surface area contributed by atoms with Gasteiger partial charge in [0.2, 0.25) is 0 Å². The summed E-state index contributed by atoms with van der Waals surface area (Å²) in [5.41, 5.74) is 1.11. The fraction of sp³-hybridized carbons (Fsp3) is 0.684. The monoisotopic (exact) mass is 323 g/mol. The Labute approximate surface area is 141 Å². The first kappa shape index (κ1) is 19.8. The Bertz CT molecular complexity index is 472. The second-order valence-corrected chi connectivity index (χ2v) is 6.78. The quantitative estimate of drug-likeness (QED) is 0.678. The first-order valence-corrected chi connectivity index (χ1v) is 8.44. The van der Waals surface area contributed by atoms with Crippen LogP contribution < -0.4 is 9.47 Å². The van der Waals surface area contributed by atoms with Gasteiger partial charge in [-0.25, -0.2) is 0 Å². The van der Waals surface area contributed by atoms with Gasteiger partial charge >= 0.3 is 0 Å². The maximum atomic E-state index is 6.14. The van der Waals surface area contributed by atoms with Crippen molar-refractivity contribution < 1.29 is 14.2 Å². The van der Waals surface area contributed by atoms with Crippen LogP contribution in [0, 0.1) is 0 Å². The van der Waals surface area contributed by atoms with Gasteiger partial charge in [-0.2, -0.15) is 0 Å². The van der Waals surface area contributed by atoms with Crippen LogP contribution in [0.25, 0.3) is 0 Å². The van der Waals surface area contributed by atoms with Crippen LogP contribution in [0.4, 0.5) is 0 Å². The summed E-state index contributed by atoms with van der Waals surface area (Å²) in [6.07, 6.45) is 0.284. The maximum Gasteiger partial charge on any atom is 0.161 e. The highest BCUT2D eigenvalue weighted by Crippen LogP contribution is 2.33. The Hall–Kier alpha value is -1.26. The van der Waals surface area contributed by atoms with Gasteiger partial charge in [0, 0.05) is 12.6 Å². The maximum absolute atomic E-state index is 6.14. The first-order valence-electron chi connectivity index (χ1n) is 8.44. The molecule has 0 aliphatic heterocycles. The Morgan fingerprint density at radius 3 is 2.09 bits per heavy atom. The lowest BCUT2D eigenvalue weighted by Gasteiger charge is -2.29. The van der Waals surface area contributed by atoms with E-state index in [1.165, 1.54) is 0 Å². The molecule has 0 aliphatic rings. The Morgan fingerprint density at radius 2 is 1.61 bits per heavy atom. The van der Waals surface area contributed by atoms with Crippen LogP contribution in [-0.2, 0) is 4.74 Å². The minimum Gasteiger partial charge on any atom is -0.493 e. The number of hydrogen-bond acceptors (Lipinski definition) is 4. The zero-order chi connectivity index (χ0) is 17.6. The highest BCUT2D eigenvalue weighted by Gasteiger charge is 2.20. The van der Waals surface area contributed by atoms with Gasteiger partial charge in [-0.3, -0.25) is 0 Å². The number of likely N-dealkylation sites (N-methyl/N-ethyl adjacent to an activating group) is 1. The summed E-state index contributed by atoms with van der Waals surface area (Å²) in [6, 6.07) is 6.54. The van der Waals surface area contributed by atoms with Crippen LogP contribution in [0.3, 0.4) is 0 Å². The molecule has 1 aromatic rings. The predicted octanol–water partition coefficient (Wildman–Crippen LogP) is 4.29. The van der Waals surface area contributed by atoms with Crippen molar-refractivity contribution in [3.8, 4) is 11.5 Å². The highest BCUT2D eigenvalue weighted by molar-refractivity contribution is 5.43. The van der Waals surface area contributed by atoms with Gasteiger partial charge in [0.25, 0.3) is 0 Å². The summed E-state index contributed by atoms with van der Waals surface area (Å²) in [6.45, 7) is 13.4. The van der Waals surface area contributed by atoms with E-state index in [0.717, 1.165) is 23.6 Å². The van der Waals surface area contributed by atoms with Gasteiger partial charge in [-0.15, -0.1) is 0 Å². The molecule has 0 bridgehead atoms. The van der Waals surface area contributed by atoms with Crippen molar-refractivity contribution in [1.29, 1.82) is 0 Å². The van der Waals surface area contributed by atoms with Gasteiger partial charge in [-0.1, -0.05) is 6.07 Å². The molecule has 0 aromatic heterocycles. The SMILES string of the molecule is COc1cc(C(CN(C)C(C)C)OC(C)C)ccc1OC(C)C. The molecule has 0 aliphatic carbocycles. The molecule has 0 saturated heterocycles. The van der Waals surface area contributed by atoms with Crippen molar-refractivity contribution in [2.75, 3.05) is 20.7 Å². The topological polar surface area (TPSA) is 30.9 Å². The summed E-state index contributed by atoms with van der Waals surface area (Å²) in [5.74, 6) is 1.52. The van der Waals surface area contributed by atoms with Crippen LogP contribution in [0.2, 0.25) is 0 Å². The van der Waals surface area contributed by atoms with Crippen LogP contribution >= 0.6 is 0 Å². The summed E-state index contributed by atoms with van der Waals surface area (Å²) in [4.78, 5) is 2.29. The predicted molar refractivity (Wildman–Crippen MR) is 95.5 cm³/mol. The third-order valence-electron chi connectivity index (χ3n) is 3.69. The van der Waals surface area contributed by atoms with E-state index in [1.54, 1.807) is 7.11 Å². The molecule has 4 heteroatoms. The van der Waals surface area contributed by atoms with Gasteiger partial charge in [0.05, 0.1) is 25.4 Å². The van der Waals surface area contributed by atoms with Crippen molar-refractivity contribution in [3.05, 3.63) is 23.8 Å².